The smallest absolute Gasteiger partial charge is 0.0357 e. The molecule has 2 fully saturated rings. The van der Waals surface area contributed by atoms with Crippen molar-refractivity contribution in [3.05, 3.63) is 0 Å². The fraction of sp³-hybridized carbons (Fsp3) is 1.00. The van der Waals surface area contributed by atoms with Gasteiger partial charge in [0.05, 0.1) is 0 Å². The molecule has 0 radical (unpaired) electrons. The Bertz CT molecular complexity index is 165. The van der Waals surface area contributed by atoms with E-state index in [0.29, 0.717) is 0 Å². The standard InChI is InChI=1S/C14H26/c1-3-5-6-11-9-13(10-11)14-8-7-12(14)4-2/h11-14H,3-10H2,1-2H3. The first kappa shape index (κ1) is 10.5. The van der Waals surface area contributed by atoms with Crippen LogP contribution in [0.4, 0.5) is 0 Å². The Morgan fingerprint density at radius 2 is 1.86 bits per heavy atom. The predicted octanol–water partition coefficient (Wildman–Crippen LogP) is 4.64. The number of hydrogen-bond donors (Lipinski definition) is 0. The zero-order valence-corrected chi connectivity index (χ0v) is 9.97. The minimum Gasteiger partial charge on any atom is -0.0654 e. The third-order valence-corrected chi connectivity index (χ3v) is 4.84. The van der Waals surface area contributed by atoms with Crippen LogP contribution in [-0.2, 0) is 0 Å². The van der Waals surface area contributed by atoms with Gasteiger partial charge in [0.25, 0.3) is 0 Å². The number of unbranched alkanes of at least 4 members (excludes halogenated alkanes) is 1. The van der Waals surface area contributed by atoms with Gasteiger partial charge in [-0.3, -0.25) is 0 Å². The van der Waals surface area contributed by atoms with Gasteiger partial charge in [0.2, 0.25) is 0 Å². The van der Waals surface area contributed by atoms with Gasteiger partial charge in [-0.2, -0.15) is 0 Å². The highest BCUT2D eigenvalue weighted by Crippen LogP contribution is 2.51. The lowest BCUT2D eigenvalue weighted by molar-refractivity contribution is 0.0156. The van der Waals surface area contributed by atoms with Crippen LogP contribution in [0.2, 0.25) is 0 Å². The molecule has 2 unspecified atom stereocenters. The van der Waals surface area contributed by atoms with Crippen LogP contribution in [0.25, 0.3) is 0 Å². The summed E-state index contributed by atoms with van der Waals surface area (Å²) < 4.78 is 0. The summed E-state index contributed by atoms with van der Waals surface area (Å²) in [7, 11) is 0. The molecule has 0 aliphatic heterocycles. The van der Waals surface area contributed by atoms with Gasteiger partial charge in [0.1, 0.15) is 0 Å². The molecule has 0 bridgehead atoms. The Labute approximate surface area is 89.5 Å². The van der Waals surface area contributed by atoms with E-state index in [-0.39, 0.29) is 0 Å². The van der Waals surface area contributed by atoms with Crippen LogP contribution in [-0.4, -0.2) is 0 Å². The van der Waals surface area contributed by atoms with Crippen LogP contribution in [0.5, 0.6) is 0 Å². The van der Waals surface area contributed by atoms with Crippen molar-refractivity contribution in [1.29, 1.82) is 0 Å². The van der Waals surface area contributed by atoms with Gasteiger partial charge < -0.3 is 0 Å². The van der Waals surface area contributed by atoms with Crippen molar-refractivity contribution in [2.45, 2.75) is 65.2 Å². The van der Waals surface area contributed by atoms with Gasteiger partial charge >= 0.3 is 0 Å². The Morgan fingerprint density at radius 1 is 1.07 bits per heavy atom. The SMILES string of the molecule is CCCCC1CC(C2CCC2CC)C1. The molecule has 0 aromatic heterocycles. The molecule has 2 atom stereocenters. The van der Waals surface area contributed by atoms with Crippen molar-refractivity contribution in [1.82, 2.24) is 0 Å². The van der Waals surface area contributed by atoms with Crippen LogP contribution in [0, 0.1) is 23.7 Å². The Hall–Kier alpha value is 0. The average molecular weight is 194 g/mol. The molecule has 0 aromatic rings. The molecule has 2 aliphatic carbocycles. The first-order valence-electron chi connectivity index (χ1n) is 6.85. The fourth-order valence-corrected chi connectivity index (χ4v) is 3.59. The van der Waals surface area contributed by atoms with E-state index in [4.69, 9.17) is 0 Å². The lowest BCUT2D eigenvalue weighted by Crippen LogP contribution is -2.39. The van der Waals surface area contributed by atoms with Crippen molar-refractivity contribution in [3.8, 4) is 0 Å². The van der Waals surface area contributed by atoms with Crippen LogP contribution in [0.3, 0.4) is 0 Å². The minimum atomic E-state index is 1.12. The molecule has 0 heterocycles. The van der Waals surface area contributed by atoms with Gasteiger partial charge in [0.15, 0.2) is 0 Å². The zero-order valence-electron chi connectivity index (χ0n) is 9.97. The van der Waals surface area contributed by atoms with Crippen LogP contribution in [0.1, 0.15) is 65.2 Å². The predicted molar refractivity (Wildman–Crippen MR) is 62.2 cm³/mol. The number of rotatable bonds is 5. The average Bonchev–Trinajstić information content (AvgIpc) is 2.07. The molecular formula is C14H26. The van der Waals surface area contributed by atoms with Gasteiger partial charge in [-0.1, -0.05) is 39.5 Å². The summed E-state index contributed by atoms with van der Waals surface area (Å²) in [5.74, 6) is 4.54. The molecule has 14 heavy (non-hydrogen) atoms. The molecule has 2 aliphatic rings. The van der Waals surface area contributed by atoms with E-state index < -0.39 is 0 Å². The van der Waals surface area contributed by atoms with Crippen molar-refractivity contribution in [3.63, 3.8) is 0 Å². The molecule has 0 aromatic carbocycles. The largest absolute Gasteiger partial charge is 0.0654 e. The van der Waals surface area contributed by atoms with Crippen LogP contribution >= 0.6 is 0 Å². The molecule has 0 saturated heterocycles. The van der Waals surface area contributed by atoms with Crippen molar-refractivity contribution < 1.29 is 0 Å². The third kappa shape index (κ3) is 1.99. The topological polar surface area (TPSA) is 0 Å². The zero-order chi connectivity index (χ0) is 9.97. The van der Waals surface area contributed by atoms with Gasteiger partial charge in [0, 0.05) is 0 Å². The molecule has 0 amide bonds. The fourth-order valence-electron chi connectivity index (χ4n) is 3.59. The summed E-state index contributed by atoms with van der Waals surface area (Å²) in [5.41, 5.74) is 0. The summed E-state index contributed by atoms with van der Waals surface area (Å²) in [6, 6.07) is 0. The summed E-state index contributed by atoms with van der Waals surface area (Å²) in [5, 5.41) is 0. The maximum absolute atomic E-state index is 2.38. The summed E-state index contributed by atoms with van der Waals surface area (Å²) in [6.07, 6.45) is 12.1. The maximum atomic E-state index is 2.38. The molecular weight excluding hydrogens is 168 g/mol. The lowest BCUT2D eigenvalue weighted by atomic mass is 9.57. The molecule has 0 heteroatoms. The highest BCUT2D eigenvalue weighted by Gasteiger charge is 2.41. The van der Waals surface area contributed by atoms with E-state index in [1.165, 1.54) is 32.1 Å². The first-order valence-corrected chi connectivity index (χ1v) is 6.85. The quantitative estimate of drug-likeness (QED) is 0.598. The van der Waals surface area contributed by atoms with E-state index in [1.54, 1.807) is 19.3 Å². The van der Waals surface area contributed by atoms with E-state index in [1.807, 2.05) is 0 Å². The molecule has 0 N–H and O–H groups in total. The number of hydrogen-bond acceptors (Lipinski definition) is 0. The van der Waals surface area contributed by atoms with E-state index >= 15 is 0 Å². The van der Waals surface area contributed by atoms with Gasteiger partial charge in [-0.05, 0) is 49.4 Å². The van der Waals surface area contributed by atoms with E-state index in [0.717, 1.165) is 23.7 Å². The lowest BCUT2D eigenvalue weighted by Gasteiger charge is -2.49. The van der Waals surface area contributed by atoms with Crippen LogP contribution < -0.4 is 0 Å². The van der Waals surface area contributed by atoms with Gasteiger partial charge in [-0.15, -0.1) is 0 Å². The second kappa shape index (κ2) is 4.68. The van der Waals surface area contributed by atoms with E-state index in [2.05, 4.69) is 13.8 Å². The van der Waals surface area contributed by atoms with E-state index in [9.17, 15) is 0 Å². The second-order valence-electron chi connectivity index (χ2n) is 5.65. The van der Waals surface area contributed by atoms with Crippen molar-refractivity contribution in [2.75, 3.05) is 0 Å². The highest BCUT2D eigenvalue weighted by molar-refractivity contribution is 4.92. The highest BCUT2D eigenvalue weighted by atomic mass is 14.5. The van der Waals surface area contributed by atoms with Crippen LogP contribution in [0.15, 0.2) is 0 Å². The van der Waals surface area contributed by atoms with Crippen molar-refractivity contribution >= 4 is 0 Å². The summed E-state index contributed by atoms with van der Waals surface area (Å²) in [6.45, 7) is 4.69. The molecule has 82 valence electrons. The molecule has 0 spiro atoms. The monoisotopic (exact) mass is 194 g/mol. The summed E-state index contributed by atoms with van der Waals surface area (Å²) in [4.78, 5) is 0. The Morgan fingerprint density at radius 3 is 2.36 bits per heavy atom. The maximum Gasteiger partial charge on any atom is -0.0357 e. The second-order valence-corrected chi connectivity index (χ2v) is 5.65. The Balaban J connectivity index is 1.62. The molecule has 2 saturated carbocycles. The van der Waals surface area contributed by atoms with Crippen molar-refractivity contribution in [2.24, 2.45) is 23.7 Å². The molecule has 2 rings (SSSR count). The first-order chi connectivity index (χ1) is 6.85. The summed E-state index contributed by atoms with van der Waals surface area (Å²) >= 11 is 0. The molecule has 0 nitrogen and oxygen atoms in total. The third-order valence-electron chi connectivity index (χ3n) is 4.84. The normalized spacial score (nSPS) is 41.6. The van der Waals surface area contributed by atoms with Gasteiger partial charge in [-0.25, -0.2) is 0 Å². The minimum absolute atomic E-state index is 1.12. The Kier molecular flexibility index (Phi) is 3.52.